The van der Waals surface area contributed by atoms with Crippen LogP contribution in [-0.4, -0.2) is 66.3 Å². The standard InChI is InChI=1S/C19H19F2N3O3.C13H14F2N2O.C5H6NO/c20-13-7-14-16(25)9-19(23-17(14)15(21)8-13)2-4-24(5-3-19)18(26)22-10-12-1-6-27-11-12;14-8-5-9-11(18)7-13(1-3-16-4-2-13)17-12(9)10(15)6-8;6-3-5-1-2-7-4-5/h1,6-8,11,23H,2-5,9-10H2,(H,22,26);5-6,16-17H,1-4,7H2;1,4H,3,6H2/q;;+1. The van der Waals surface area contributed by atoms with E-state index in [4.69, 9.17) is 10.2 Å². The Morgan fingerprint density at radius 1 is 0.885 bits per heavy atom. The smallest absolute Gasteiger partial charge is 0.317 e. The van der Waals surface area contributed by atoms with Crippen LogP contribution in [0.4, 0.5) is 33.7 Å². The monoisotopic (exact) mass is 723 g/mol. The van der Waals surface area contributed by atoms with Crippen LogP contribution in [0.3, 0.4) is 0 Å². The van der Waals surface area contributed by atoms with Crippen molar-refractivity contribution in [3.8, 4) is 0 Å². The summed E-state index contributed by atoms with van der Waals surface area (Å²) in [5, 5.41) is 12.3. The molecule has 274 valence electrons. The van der Waals surface area contributed by atoms with Crippen LogP contribution < -0.4 is 27.0 Å². The zero-order valence-electron chi connectivity index (χ0n) is 28.3. The molecule has 8 rings (SSSR count). The zero-order chi connectivity index (χ0) is 36.9. The van der Waals surface area contributed by atoms with E-state index >= 15 is 0 Å². The van der Waals surface area contributed by atoms with Crippen LogP contribution in [0.1, 0.15) is 64.8 Å². The van der Waals surface area contributed by atoms with Gasteiger partial charge in [-0.2, -0.15) is 0 Å². The number of hydrogen-bond donors (Lipinski definition) is 5. The Bertz CT molecular complexity index is 1870. The highest BCUT2D eigenvalue weighted by Crippen LogP contribution is 2.40. The van der Waals surface area contributed by atoms with E-state index in [-0.39, 0.29) is 52.1 Å². The molecule has 6 heterocycles. The first kappa shape index (κ1) is 36.5. The summed E-state index contributed by atoms with van der Waals surface area (Å²) in [5.41, 5.74) is 6.51. The fourth-order valence-electron chi connectivity index (χ4n) is 6.95. The van der Waals surface area contributed by atoms with Gasteiger partial charge >= 0.3 is 6.03 Å². The molecule has 11 nitrogen and oxygen atoms in total. The fourth-order valence-corrected chi connectivity index (χ4v) is 6.95. The maximum atomic E-state index is 14.1. The highest BCUT2D eigenvalue weighted by atomic mass is 19.1. The zero-order valence-corrected chi connectivity index (χ0v) is 28.3. The summed E-state index contributed by atoms with van der Waals surface area (Å²) in [7, 11) is 0. The van der Waals surface area contributed by atoms with Gasteiger partial charge < -0.3 is 36.3 Å². The molecule has 0 unspecified atom stereocenters. The maximum absolute atomic E-state index is 14.1. The molecule has 1 aromatic heterocycles. The number of carbonyl (C=O) groups is 3. The van der Waals surface area contributed by atoms with Gasteiger partial charge in [0.25, 0.3) is 6.26 Å². The number of anilines is 2. The summed E-state index contributed by atoms with van der Waals surface area (Å²) >= 11 is 0. The molecule has 2 spiro atoms. The van der Waals surface area contributed by atoms with Gasteiger partial charge in [0.2, 0.25) is 6.26 Å². The summed E-state index contributed by atoms with van der Waals surface area (Å²) in [6, 6.07) is 5.36. The average molecular weight is 724 g/mol. The fraction of sp³-hybridized carbons (Fsp3) is 0.378. The Hall–Kier alpha value is -5.24. The van der Waals surface area contributed by atoms with Gasteiger partial charge in [0.15, 0.2) is 23.2 Å². The number of halogens is 4. The lowest BCUT2D eigenvalue weighted by Gasteiger charge is -2.45. The second-order valence-electron chi connectivity index (χ2n) is 13.4. The van der Waals surface area contributed by atoms with E-state index in [1.807, 2.05) is 0 Å². The molecule has 0 atom stereocenters. The summed E-state index contributed by atoms with van der Waals surface area (Å²) in [4.78, 5) is 38.5. The van der Waals surface area contributed by atoms with Gasteiger partial charge in [-0.3, -0.25) is 14.3 Å². The Labute approximate surface area is 297 Å². The number of carbonyl (C=O) groups excluding carboxylic acids is 3. The summed E-state index contributed by atoms with van der Waals surface area (Å²) in [6.45, 7) is 3.40. The van der Waals surface area contributed by atoms with E-state index < -0.39 is 28.8 Å². The highest BCUT2D eigenvalue weighted by Gasteiger charge is 2.43. The summed E-state index contributed by atoms with van der Waals surface area (Å²) in [6.07, 6.45) is 12.0. The molecule has 0 bridgehead atoms. The summed E-state index contributed by atoms with van der Waals surface area (Å²) in [5.74, 6) is -3.37. The summed E-state index contributed by atoms with van der Waals surface area (Å²) < 4.78 is 64.0. The van der Waals surface area contributed by atoms with Crippen molar-refractivity contribution in [2.75, 3.05) is 43.4 Å². The average Bonchev–Trinajstić information content (AvgIpc) is 3.85. The van der Waals surface area contributed by atoms with Crippen LogP contribution >= 0.6 is 0 Å². The van der Waals surface area contributed by atoms with Crippen LogP contribution in [0.5, 0.6) is 0 Å². The molecule has 5 aliphatic rings. The van der Waals surface area contributed by atoms with E-state index in [0.717, 1.165) is 61.3 Å². The van der Waals surface area contributed by atoms with Gasteiger partial charge in [-0.15, -0.1) is 0 Å². The molecular weight excluding hydrogens is 684 g/mol. The van der Waals surface area contributed by atoms with Crippen molar-refractivity contribution in [2.45, 2.75) is 56.1 Å². The van der Waals surface area contributed by atoms with Crippen molar-refractivity contribution in [1.29, 1.82) is 0 Å². The molecule has 3 aromatic rings. The number of ketones is 2. The first-order valence-corrected chi connectivity index (χ1v) is 17.0. The van der Waals surface area contributed by atoms with Crippen LogP contribution in [0.2, 0.25) is 0 Å². The van der Waals surface area contributed by atoms with Crippen LogP contribution in [-0.2, 0) is 11.3 Å². The lowest BCUT2D eigenvalue weighted by molar-refractivity contribution is 0.0910. The molecule has 5 aliphatic heterocycles. The number of piperidine rings is 2. The van der Waals surface area contributed by atoms with Gasteiger partial charge in [-0.05, 0) is 57.0 Å². The molecule has 2 aromatic carbocycles. The topological polar surface area (TPSA) is 151 Å². The van der Waals surface area contributed by atoms with E-state index in [1.165, 1.54) is 0 Å². The number of furan rings is 1. The lowest BCUT2D eigenvalue weighted by atomic mass is 9.78. The van der Waals surface area contributed by atoms with Crippen molar-refractivity contribution >= 4 is 29.0 Å². The minimum absolute atomic E-state index is 0.0541. The molecule has 0 aliphatic carbocycles. The minimum Gasteiger partial charge on any atom is -0.472 e. The Kier molecular flexibility index (Phi) is 10.9. The Morgan fingerprint density at radius 3 is 1.94 bits per heavy atom. The van der Waals surface area contributed by atoms with Crippen molar-refractivity contribution in [3.05, 3.63) is 107 Å². The lowest BCUT2D eigenvalue weighted by Crippen LogP contribution is -2.55. The third-order valence-electron chi connectivity index (χ3n) is 9.84. The van der Waals surface area contributed by atoms with Gasteiger partial charge in [0, 0.05) is 72.4 Å². The quantitative estimate of drug-likeness (QED) is 0.173. The molecule has 2 saturated heterocycles. The van der Waals surface area contributed by atoms with Gasteiger partial charge in [0.05, 0.1) is 30.4 Å². The molecule has 0 radical (unpaired) electrons. The molecule has 6 N–H and O–H groups in total. The SMILES string of the molecule is NCC1=CO[C+]=C1.O=C1CC2(CCN(C(=O)NCc3ccoc3)CC2)Nc2c(F)cc(F)cc21.O=C1CC2(CCNCC2)Nc2c(F)cc(F)cc21. The van der Waals surface area contributed by atoms with E-state index in [9.17, 15) is 31.9 Å². The van der Waals surface area contributed by atoms with Crippen molar-refractivity contribution in [2.24, 2.45) is 5.73 Å². The molecule has 52 heavy (non-hydrogen) atoms. The van der Waals surface area contributed by atoms with Crippen LogP contribution in [0, 0.1) is 29.5 Å². The molecular formula is C37H39F4N6O5+. The van der Waals surface area contributed by atoms with Crippen molar-refractivity contribution < 1.29 is 41.1 Å². The predicted molar refractivity (Wildman–Crippen MR) is 183 cm³/mol. The second-order valence-corrected chi connectivity index (χ2v) is 13.4. The number of ether oxygens (including phenoxy) is 1. The van der Waals surface area contributed by atoms with Crippen LogP contribution in [0.25, 0.3) is 0 Å². The molecule has 0 saturated carbocycles. The Morgan fingerprint density at radius 2 is 1.46 bits per heavy atom. The maximum Gasteiger partial charge on any atom is 0.317 e. The van der Waals surface area contributed by atoms with Gasteiger partial charge in [-0.1, -0.05) is 0 Å². The van der Waals surface area contributed by atoms with E-state index in [1.54, 1.807) is 35.8 Å². The number of nitrogens with zero attached hydrogens (tertiary/aromatic N) is 1. The Balaban J connectivity index is 0.000000158. The third kappa shape index (κ3) is 8.28. The third-order valence-corrected chi connectivity index (χ3v) is 9.84. The number of benzene rings is 2. The number of urea groups is 1. The first-order chi connectivity index (χ1) is 25.0. The normalized spacial score (nSPS) is 18.9. The molecule has 2 amide bonds. The minimum atomic E-state index is -0.766. The second kappa shape index (κ2) is 15.6. The van der Waals surface area contributed by atoms with Gasteiger partial charge in [0.1, 0.15) is 23.3 Å². The number of Topliss-reactive ketones (excluding diaryl/α,β-unsaturated/α-hetero) is 2. The first-order valence-electron chi connectivity index (χ1n) is 17.0. The van der Waals surface area contributed by atoms with Crippen molar-refractivity contribution in [1.82, 2.24) is 15.5 Å². The number of likely N-dealkylation sites (tertiary alicyclic amines) is 1. The number of fused-ring (bicyclic) bond motifs is 2. The molecule has 2 fully saturated rings. The largest absolute Gasteiger partial charge is 0.472 e. The number of nitrogens with one attached hydrogen (secondary N) is 4. The van der Waals surface area contributed by atoms with Gasteiger partial charge in [-0.25, -0.2) is 22.4 Å². The number of nitrogens with two attached hydrogens (primary N) is 1. The van der Waals surface area contributed by atoms with Crippen LogP contribution in [0.15, 0.2) is 65.2 Å². The van der Waals surface area contributed by atoms with E-state index in [2.05, 4.69) is 32.3 Å². The number of hydrogen-bond acceptors (Lipinski definition) is 9. The predicted octanol–water partition coefficient (Wildman–Crippen LogP) is 5.56. The number of amides is 2. The van der Waals surface area contributed by atoms with E-state index in [0.29, 0.717) is 45.4 Å². The van der Waals surface area contributed by atoms with Crippen molar-refractivity contribution in [3.63, 3.8) is 0 Å². The highest BCUT2D eigenvalue weighted by molar-refractivity contribution is 6.05. The molecule has 15 heteroatoms. The number of rotatable bonds is 3.